The van der Waals surface area contributed by atoms with Gasteiger partial charge in [-0.2, -0.15) is 13.2 Å². The Morgan fingerprint density at radius 2 is 1.66 bits per heavy atom. The van der Waals surface area contributed by atoms with Crippen molar-refractivity contribution in [2.24, 2.45) is 0 Å². The van der Waals surface area contributed by atoms with E-state index in [4.69, 9.17) is 11.6 Å². The number of ketones is 1. The molecule has 4 nitrogen and oxygen atoms in total. The Kier molecular flexibility index (Phi) is 6.29. The fraction of sp³-hybridized carbons (Fsp3) is 0.333. The summed E-state index contributed by atoms with van der Waals surface area (Å²) in [7, 11) is 0. The van der Waals surface area contributed by atoms with E-state index in [0.717, 1.165) is 36.7 Å². The van der Waals surface area contributed by atoms with E-state index in [-0.39, 0.29) is 23.5 Å². The van der Waals surface area contributed by atoms with Crippen molar-refractivity contribution in [3.05, 3.63) is 70.4 Å². The highest BCUT2D eigenvalue weighted by Gasteiger charge is 2.42. The van der Waals surface area contributed by atoms with E-state index in [1.54, 1.807) is 36.4 Å². The van der Waals surface area contributed by atoms with Gasteiger partial charge >= 0.3 is 6.18 Å². The normalized spacial score (nSPS) is 15.1. The van der Waals surface area contributed by atoms with Gasteiger partial charge in [-0.05, 0) is 36.6 Å². The van der Waals surface area contributed by atoms with E-state index < -0.39 is 29.1 Å². The monoisotopic (exact) mass is 462 g/mol. The molecule has 1 aliphatic rings. The molecule has 0 bridgehead atoms. The topological polar surface area (TPSA) is 51.1 Å². The number of aromatic nitrogens is 1. The molecule has 0 atom stereocenters. The van der Waals surface area contributed by atoms with Crippen LogP contribution in [0.5, 0.6) is 0 Å². The number of Topliss-reactive ketones (excluding diaryl/α,β-unsaturated/α-hetero) is 1. The molecule has 8 heteroatoms. The zero-order valence-corrected chi connectivity index (χ0v) is 18.0. The molecule has 1 fully saturated rings. The van der Waals surface area contributed by atoms with Crippen LogP contribution in [0.1, 0.15) is 53.7 Å². The predicted molar refractivity (Wildman–Crippen MR) is 117 cm³/mol. The van der Waals surface area contributed by atoms with Crippen LogP contribution in [0.15, 0.2) is 48.5 Å². The van der Waals surface area contributed by atoms with E-state index in [1.165, 1.54) is 12.1 Å². The van der Waals surface area contributed by atoms with Crippen LogP contribution in [0.2, 0.25) is 5.02 Å². The summed E-state index contributed by atoms with van der Waals surface area (Å²) in [6.07, 6.45) is -0.480. The number of nitrogens with zero attached hydrogens (tertiary/aromatic N) is 1. The number of benzene rings is 2. The van der Waals surface area contributed by atoms with Gasteiger partial charge in [0, 0.05) is 28.5 Å². The molecule has 1 N–H and O–H groups in total. The number of alkyl halides is 3. The van der Waals surface area contributed by atoms with Gasteiger partial charge in [-0.25, -0.2) is 0 Å². The van der Waals surface area contributed by atoms with Gasteiger partial charge in [-0.1, -0.05) is 61.2 Å². The van der Waals surface area contributed by atoms with Crippen LogP contribution in [0.3, 0.4) is 0 Å². The Bertz CT molecular complexity index is 1150. The number of hydrogen-bond donors (Lipinski definition) is 1. The molecule has 32 heavy (non-hydrogen) atoms. The van der Waals surface area contributed by atoms with Crippen molar-refractivity contribution in [2.75, 3.05) is 0 Å². The first kappa shape index (κ1) is 22.4. The Morgan fingerprint density at radius 3 is 2.31 bits per heavy atom. The van der Waals surface area contributed by atoms with Gasteiger partial charge in [0.05, 0.1) is 5.56 Å². The van der Waals surface area contributed by atoms with Crippen molar-refractivity contribution in [3.8, 4) is 0 Å². The molecule has 0 spiro atoms. The van der Waals surface area contributed by atoms with Crippen LogP contribution in [-0.2, 0) is 17.5 Å². The molecule has 1 amide bonds. The fourth-order valence-corrected chi connectivity index (χ4v) is 4.50. The van der Waals surface area contributed by atoms with Gasteiger partial charge in [0.15, 0.2) is 0 Å². The lowest BCUT2D eigenvalue weighted by atomic mass is 9.95. The number of halogens is 4. The second-order valence-corrected chi connectivity index (χ2v) is 8.53. The van der Waals surface area contributed by atoms with Crippen molar-refractivity contribution in [1.82, 2.24) is 9.88 Å². The largest absolute Gasteiger partial charge is 0.432 e. The molecule has 3 aromatic rings. The van der Waals surface area contributed by atoms with Crippen LogP contribution >= 0.6 is 11.6 Å². The van der Waals surface area contributed by atoms with Gasteiger partial charge < -0.3 is 9.88 Å². The zero-order chi connectivity index (χ0) is 22.9. The molecular weight excluding hydrogens is 441 g/mol. The highest BCUT2D eigenvalue weighted by molar-refractivity contribution is 6.45. The average Bonchev–Trinajstić information content (AvgIpc) is 3.10. The van der Waals surface area contributed by atoms with Crippen molar-refractivity contribution in [1.29, 1.82) is 0 Å². The third kappa shape index (κ3) is 4.53. The zero-order valence-electron chi connectivity index (χ0n) is 17.2. The summed E-state index contributed by atoms with van der Waals surface area (Å²) in [6, 6.07) is 12.4. The maximum atomic E-state index is 14.3. The minimum absolute atomic E-state index is 0.109. The SMILES string of the molecule is O=C(NC1CCCCC1)C(=O)c1c(C(F)(F)F)n(Cc2ccc(Cl)cc2)c2ccccc12. The molecule has 1 heterocycles. The average molecular weight is 463 g/mol. The van der Waals surface area contributed by atoms with E-state index in [9.17, 15) is 22.8 Å². The Balaban J connectivity index is 1.80. The first-order chi connectivity index (χ1) is 15.3. The minimum Gasteiger partial charge on any atom is -0.346 e. The summed E-state index contributed by atoms with van der Waals surface area (Å²) in [4.78, 5) is 25.8. The van der Waals surface area contributed by atoms with Gasteiger partial charge in [-0.3, -0.25) is 9.59 Å². The number of para-hydroxylation sites is 1. The highest BCUT2D eigenvalue weighted by atomic mass is 35.5. The second-order valence-electron chi connectivity index (χ2n) is 8.09. The molecule has 0 radical (unpaired) electrons. The van der Waals surface area contributed by atoms with E-state index >= 15 is 0 Å². The number of hydrogen-bond acceptors (Lipinski definition) is 2. The summed E-state index contributed by atoms with van der Waals surface area (Å²) >= 11 is 5.90. The molecule has 4 rings (SSSR count). The van der Waals surface area contributed by atoms with Crippen LogP contribution in [0.25, 0.3) is 10.9 Å². The lowest BCUT2D eigenvalue weighted by Gasteiger charge is -2.22. The van der Waals surface area contributed by atoms with Gasteiger partial charge in [-0.15, -0.1) is 0 Å². The van der Waals surface area contributed by atoms with Crippen molar-refractivity contribution < 1.29 is 22.8 Å². The van der Waals surface area contributed by atoms with Gasteiger partial charge in [0.25, 0.3) is 11.7 Å². The first-order valence-corrected chi connectivity index (χ1v) is 10.9. The number of rotatable bonds is 5. The van der Waals surface area contributed by atoms with Crippen molar-refractivity contribution >= 4 is 34.2 Å². The number of carbonyl (C=O) groups excluding carboxylic acids is 2. The van der Waals surface area contributed by atoms with Gasteiger partial charge in [0.1, 0.15) is 5.69 Å². The maximum Gasteiger partial charge on any atom is 0.432 e. The molecule has 1 saturated carbocycles. The molecular formula is C24H22ClF3N2O2. The molecule has 168 valence electrons. The summed E-state index contributed by atoms with van der Waals surface area (Å²) in [5, 5.41) is 3.22. The summed E-state index contributed by atoms with van der Waals surface area (Å²) in [5.41, 5.74) is -0.886. The van der Waals surface area contributed by atoms with E-state index in [2.05, 4.69) is 5.32 Å². The Morgan fingerprint density at radius 1 is 1.00 bits per heavy atom. The van der Waals surface area contributed by atoms with Gasteiger partial charge in [0.2, 0.25) is 0 Å². The first-order valence-electron chi connectivity index (χ1n) is 10.5. The lowest BCUT2D eigenvalue weighted by molar-refractivity contribution is -0.143. The third-order valence-electron chi connectivity index (χ3n) is 5.87. The highest BCUT2D eigenvalue weighted by Crippen LogP contribution is 2.39. The summed E-state index contributed by atoms with van der Waals surface area (Å²) < 4.78 is 43.9. The minimum atomic E-state index is -4.83. The van der Waals surface area contributed by atoms with Crippen LogP contribution in [0, 0.1) is 0 Å². The fourth-order valence-electron chi connectivity index (χ4n) is 4.38. The van der Waals surface area contributed by atoms with Crippen LogP contribution < -0.4 is 5.32 Å². The lowest BCUT2D eigenvalue weighted by Crippen LogP contribution is -2.40. The quantitative estimate of drug-likeness (QED) is 0.374. The number of amides is 1. The third-order valence-corrected chi connectivity index (χ3v) is 6.12. The Labute approximate surface area is 188 Å². The van der Waals surface area contributed by atoms with Crippen LogP contribution in [-0.4, -0.2) is 22.3 Å². The molecule has 0 saturated heterocycles. The number of fused-ring (bicyclic) bond motifs is 1. The Hall–Kier alpha value is -2.80. The smallest absolute Gasteiger partial charge is 0.346 e. The van der Waals surface area contributed by atoms with Crippen molar-refractivity contribution in [3.63, 3.8) is 0 Å². The second kappa shape index (κ2) is 8.98. The summed E-state index contributed by atoms with van der Waals surface area (Å²) in [5.74, 6) is -2.15. The van der Waals surface area contributed by atoms with E-state index in [0.29, 0.717) is 10.6 Å². The number of nitrogens with one attached hydrogen (secondary N) is 1. The maximum absolute atomic E-state index is 14.3. The predicted octanol–water partition coefficient (Wildman–Crippen LogP) is 5.99. The summed E-state index contributed by atoms with van der Waals surface area (Å²) in [6.45, 7) is -0.121. The van der Waals surface area contributed by atoms with E-state index in [1.807, 2.05) is 0 Å². The number of carbonyl (C=O) groups is 2. The molecule has 0 aliphatic heterocycles. The molecule has 1 aliphatic carbocycles. The molecule has 1 aromatic heterocycles. The standard InChI is InChI=1S/C24H22ClF3N2O2/c25-16-12-10-15(11-13-16)14-30-19-9-5-4-8-18(19)20(22(30)24(26,27)28)21(31)23(32)29-17-6-2-1-3-7-17/h4-5,8-13,17H,1-3,6-7,14H2,(H,29,32). The molecule has 0 unspecified atom stereocenters. The molecule has 2 aromatic carbocycles. The van der Waals surface area contributed by atoms with Crippen LogP contribution in [0.4, 0.5) is 13.2 Å². The van der Waals surface area contributed by atoms with Crippen molar-refractivity contribution in [2.45, 2.75) is 50.9 Å².